The molecule has 1 nitrogen and oxygen atoms in total. The number of halogens is 1. The predicted octanol–water partition coefficient (Wildman–Crippen LogP) is 3.52. The molecule has 0 aliphatic heterocycles. The Morgan fingerprint density at radius 2 is 2.14 bits per heavy atom. The van der Waals surface area contributed by atoms with Gasteiger partial charge in [-0.15, -0.1) is 0 Å². The van der Waals surface area contributed by atoms with Gasteiger partial charge in [-0.05, 0) is 43.0 Å². The Balaban J connectivity index is 2.60. The average Bonchev–Trinajstić information content (AvgIpc) is 2.10. The quantitative estimate of drug-likeness (QED) is 0.691. The fourth-order valence-electron chi connectivity index (χ4n) is 2.11. The first-order valence-electron chi connectivity index (χ1n) is 4.93. The van der Waals surface area contributed by atoms with Crippen molar-refractivity contribution < 1.29 is 4.79 Å². The van der Waals surface area contributed by atoms with Crippen LogP contribution in [-0.4, -0.2) is 5.78 Å². The number of aryl methyl sites for hydroxylation is 2. The second kappa shape index (κ2) is 3.50. The lowest BCUT2D eigenvalue weighted by atomic mass is 9.82. The van der Waals surface area contributed by atoms with Crippen molar-refractivity contribution in [3.63, 3.8) is 0 Å². The molecule has 2 rings (SSSR count). The zero-order chi connectivity index (χ0) is 10.3. The fraction of sp³-hybridized carbons (Fsp3) is 0.417. The van der Waals surface area contributed by atoms with Crippen molar-refractivity contribution in [3.8, 4) is 0 Å². The van der Waals surface area contributed by atoms with Crippen LogP contribution in [0.3, 0.4) is 0 Å². The van der Waals surface area contributed by atoms with Gasteiger partial charge in [0.05, 0.1) is 0 Å². The summed E-state index contributed by atoms with van der Waals surface area (Å²) in [6.45, 7) is 4.03. The van der Waals surface area contributed by atoms with Crippen molar-refractivity contribution in [1.29, 1.82) is 0 Å². The van der Waals surface area contributed by atoms with E-state index in [-0.39, 0.29) is 5.92 Å². The molecule has 0 saturated carbocycles. The number of Topliss-reactive ketones (excluding diaryl/α,β-unsaturated/α-hetero) is 1. The van der Waals surface area contributed by atoms with Crippen molar-refractivity contribution in [2.45, 2.75) is 26.7 Å². The van der Waals surface area contributed by atoms with Gasteiger partial charge in [-0.3, -0.25) is 4.79 Å². The van der Waals surface area contributed by atoms with Crippen molar-refractivity contribution >= 4 is 21.7 Å². The zero-order valence-electron chi connectivity index (χ0n) is 8.43. The Morgan fingerprint density at radius 3 is 2.86 bits per heavy atom. The summed E-state index contributed by atoms with van der Waals surface area (Å²) >= 11 is 3.46. The van der Waals surface area contributed by atoms with Gasteiger partial charge in [-0.25, -0.2) is 0 Å². The molecule has 1 aromatic carbocycles. The fourth-order valence-corrected chi connectivity index (χ4v) is 2.73. The average molecular weight is 253 g/mol. The summed E-state index contributed by atoms with van der Waals surface area (Å²) in [6.07, 6.45) is 2.02. The van der Waals surface area contributed by atoms with Gasteiger partial charge in [-0.2, -0.15) is 0 Å². The third kappa shape index (κ3) is 1.52. The van der Waals surface area contributed by atoms with E-state index in [9.17, 15) is 4.79 Å². The summed E-state index contributed by atoms with van der Waals surface area (Å²) in [5, 5.41) is 0. The van der Waals surface area contributed by atoms with Gasteiger partial charge in [-0.1, -0.05) is 22.9 Å². The van der Waals surface area contributed by atoms with Crippen LogP contribution in [-0.2, 0) is 6.42 Å². The molecule has 14 heavy (non-hydrogen) atoms. The minimum absolute atomic E-state index is 0.197. The molecule has 1 aliphatic rings. The summed E-state index contributed by atoms with van der Waals surface area (Å²) in [5.41, 5.74) is 3.28. The molecular formula is C12H13BrO. The number of hydrogen-bond donors (Lipinski definition) is 0. The summed E-state index contributed by atoms with van der Waals surface area (Å²) in [4.78, 5) is 11.9. The van der Waals surface area contributed by atoms with Crippen molar-refractivity contribution in [3.05, 3.63) is 33.3 Å². The van der Waals surface area contributed by atoms with Crippen LogP contribution in [0.4, 0.5) is 0 Å². The van der Waals surface area contributed by atoms with Crippen LogP contribution in [0.25, 0.3) is 0 Å². The maximum absolute atomic E-state index is 11.9. The predicted molar refractivity (Wildman–Crippen MR) is 60.7 cm³/mol. The Bertz CT molecular complexity index is 396. The smallest absolute Gasteiger partial charge is 0.166 e. The van der Waals surface area contributed by atoms with Crippen LogP contribution in [0.15, 0.2) is 16.6 Å². The number of carbonyl (C=O) groups is 1. The summed E-state index contributed by atoms with van der Waals surface area (Å²) in [7, 11) is 0. The van der Waals surface area contributed by atoms with Gasteiger partial charge in [0.2, 0.25) is 0 Å². The lowest BCUT2D eigenvalue weighted by Gasteiger charge is -2.22. The zero-order valence-corrected chi connectivity index (χ0v) is 10.0. The van der Waals surface area contributed by atoms with E-state index in [1.165, 1.54) is 5.56 Å². The summed E-state index contributed by atoms with van der Waals surface area (Å²) in [5.74, 6) is 0.513. The third-order valence-electron chi connectivity index (χ3n) is 2.92. The molecule has 0 amide bonds. The Morgan fingerprint density at radius 1 is 1.43 bits per heavy atom. The number of ketones is 1. The highest BCUT2D eigenvalue weighted by molar-refractivity contribution is 9.10. The Hall–Kier alpha value is -0.630. The Labute approximate surface area is 92.6 Å². The SMILES string of the molecule is Cc1cc(Br)cc2c1C(=O)C(C)CC2. The molecule has 0 heterocycles. The van der Waals surface area contributed by atoms with Gasteiger partial charge in [0.15, 0.2) is 5.78 Å². The molecule has 2 heteroatoms. The van der Waals surface area contributed by atoms with Crippen LogP contribution in [0, 0.1) is 12.8 Å². The number of benzene rings is 1. The van der Waals surface area contributed by atoms with E-state index in [4.69, 9.17) is 0 Å². The molecule has 0 saturated heterocycles. The molecule has 0 spiro atoms. The number of hydrogen-bond acceptors (Lipinski definition) is 1. The molecule has 0 N–H and O–H groups in total. The number of rotatable bonds is 0. The molecule has 0 radical (unpaired) electrons. The van der Waals surface area contributed by atoms with Crippen LogP contribution in [0.5, 0.6) is 0 Å². The topological polar surface area (TPSA) is 17.1 Å². The summed E-state index contributed by atoms with van der Waals surface area (Å²) in [6, 6.07) is 4.10. The van der Waals surface area contributed by atoms with Crippen molar-refractivity contribution in [2.24, 2.45) is 5.92 Å². The monoisotopic (exact) mass is 252 g/mol. The van der Waals surface area contributed by atoms with Crippen molar-refractivity contribution in [1.82, 2.24) is 0 Å². The second-order valence-electron chi connectivity index (χ2n) is 4.06. The van der Waals surface area contributed by atoms with Gasteiger partial charge in [0.1, 0.15) is 0 Å². The first kappa shape index (κ1) is 9.91. The molecule has 1 unspecified atom stereocenters. The van der Waals surface area contributed by atoms with E-state index >= 15 is 0 Å². The first-order valence-corrected chi connectivity index (χ1v) is 5.72. The highest BCUT2D eigenvalue weighted by Crippen LogP contribution is 2.30. The van der Waals surface area contributed by atoms with Gasteiger partial charge in [0.25, 0.3) is 0 Å². The molecule has 0 bridgehead atoms. The van der Waals surface area contributed by atoms with Crippen LogP contribution in [0.2, 0.25) is 0 Å². The maximum atomic E-state index is 11.9. The van der Waals surface area contributed by atoms with E-state index in [2.05, 4.69) is 22.0 Å². The lowest BCUT2D eigenvalue weighted by molar-refractivity contribution is 0.0913. The van der Waals surface area contributed by atoms with Gasteiger partial charge in [0, 0.05) is 16.0 Å². The third-order valence-corrected chi connectivity index (χ3v) is 3.38. The standard InChI is InChI=1S/C12H13BrO/c1-7-3-4-9-6-10(13)5-8(2)11(9)12(7)14/h5-7H,3-4H2,1-2H3. The largest absolute Gasteiger partial charge is 0.294 e. The van der Waals surface area contributed by atoms with Gasteiger partial charge >= 0.3 is 0 Å². The van der Waals surface area contributed by atoms with E-state index in [0.717, 1.165) is 28.4 Å². The van der Waals surface area contributed by atoms with E-state index in [1.54, 1.807) is 0 Å². The van der Waals surface area contributed by atoms with Gasteiger partial charge < -0.3 is 0 Å². The molecule has 1 aromatic rings. The van der Waals surface area contributed by atoms with E-state index in [1.807, 2.05) is 19.9 Å². The highest BCUT2D eigenvalue weighted by atomic mass is 79.9. The van der Waals surface area contributed by atoms with Crippen molar-refractivity contribution in [2.75, 3.05) is 0 Å². The maximum Gasteiger partial charge on any atom is 0.166 e. The first-order chi connectivity index (χ1) is 6.59. The molecule has 1 aliphatic carbocycles. The molecule has 0 fully saturated rings. The highest BCUT2D eigenvalue weighted by Gasteiger charge is 2.25. The Kier molecular flexibility index (Phi) is 2.48. The van der Waals surface area contributed by atoms with Crippen LogP contribution in [0.1, 0.15) is 34.8 Å². The van der Waals surface area contributed by atoms with Crippen LogP contribution >= 0.6 is 15.9 Å². The minimum Gasteiger partial charge on any atom is -0.294 e. The van der Waals surface area contributed by atoms with E-state index in [0.29, 0.717) is 5.78 Å². The number of fused-ring (bicyclic) bond motifs is 1. The second-order valence-corrected chi connectivity index (χ2v) is 4.98. The van der Waals surface area contributed by atoms with E-state index < -0.39 is 0 Å². The van der Waals surface area contributed by atoms with Crippen LogP contribution < -0.4 is 0 Å². The number of carbonyl (C=O) groups excluding carboxylic acids is 1. The minimum atomic E-state index is 0.197. The molecule has 0 aromatic heterocycles. The molecule has 74 valence electrons. The lowest BCUT2D eigenvalue weighted by Crippen LogP contribution is -2.21. The summed E-state index contributed by atoms with van der Waals surface area (Å²) < 4.78 is 1.08. The molecule has 1 atom stereocenters. The molecular weight excluding hydrogens is 240 g/mol. The normalized spacial score (nSPS) is 20.8.